The van der Waals surface area contributed by atoms with Gasteiger partial charge in [0.1, 0.15) is 16.6 Å². The number of halogens is 2. The van der Waals surface area contributed by atoms with Gasteiger partial charge >= 0.3 is 0 Å². The van der Waals surface area contributed by atoms with Crippen molar-refractivity contribution >= 4 is 28.3 Å². The van der Waals surface area contributed by atoms with Crippen LogP contribution in [0.1, 0.15) is 23.2 Å². The first-order valence-electron chi connectivity index (χ1n) is 8.45. The van der Waals surface area contributed by atoms with Crippen LogP contribution >= 0.6 is 11.3 Å². The van der Waals surface area contributed by atoms with Gasteiger partial charge in [-0.05, 0) is 18.6 Å². The SMILES string of the molecule is O=C(CCCNC(=O)c1ccc(F)cc1F)Nc1nnc(-c2ccccc2)s1. The van der Waals surface area contributed by atoms with Crippen LogP contribution in [0, 0.1) is 11.6 Å². The quantitative estimate of drug-likeness (QED) is 0.591. The van der Waals surface area contributed by atoms with Gasteiger partial charge in [-0.15, -0.1) is 10.2 Å². The molecule has 3 aromatic rings. The lowest BCUT2D eigenvalue weighted by Gasteiger charge is -2.06. The van der Waals surface area contributed by atoms with Crippen LogP contribution in [-0.4, -0.2) is 28.6 Å². The summed E-state index contributed by atoms with van der Waals surface area (Å²) in [6.45, 7) is 0.175. The molecule has 0 saturated carbocycles. The van der Waals surface area contributed by atoms with Crippen molar-refractivity contribution in [2.75, 3.05) is 11.9 Å². The molecular formula is C19H16F2N4O2S. The molecule has 0 spiro atoms. The zero-order chi connectivity index (χ0) is 19.9. The second-order valence-electron chi connectivity index (χ2n) is 5.81. The molecule has 0 unspecified atom stereocenters. The van der Waals surface area contributed by atoms with E-state index in [4.69, 9.17) is 0 Å². The molecule has 2 N–H and O–H groups in total. The second kappa shape index (κ2) is 9.14. The molecule has 144 valence electrons. The summed E-state index contributed by atoms with van der Waals surface area (Å²) in [5.41, 5.74) is 0.671. The number of anilines is 1. The summed E-state index contributed by atoms with van der Waals surface area (Å²) in [6.07, 6.45) is 0.497. The van der Waals surface area contributed by atoms with Gasteiger partial charge in [-0.1, -0.05) is 41.7 Å². The number of nitrogens with zero attached hydrogens (tertiary/aromatic N) is 2. The highest BCUT2D eigenvalue weighted by molar-refractivity contribution is 7.18. The minimum absolute atomic E-state index is 0.145. The Morgan fingerprint density at radius 3 is 2.57 bits per heavy atom. The maximum atomic E-state index is 13.5. The van der Waals surface area contributed by atoms with Crippen LogP contribution in [0.15, 0.2) is 48.5 Å². The summed E-state index contributed by atoms with van der Waals surface area (Å²) in [5, 5.41) is 14.2. The van der Waals surface area contributed by atoms with Gasteiger partial charge in [0.05, 0.1) is 5.56 Å². The molecule has 9 heteroatoms. The van der Waals surface area contributed by atoms with Crippen LogP contribution in [0.4, 0.5) is 13.9 Å². The third-order valence-electron chi connectivity index (χ3n) is 3.73. The molecule has 2 aromatic carbocycles. The van der Waals surface area contributed by atoms with E-state index in [-0.39, 0.29) is 24.4 Å². The maximum absolute atomic E-state index is 13.5. The Bertz CT molecular complexity index is 979. The fourth-order valence-corrected chi connectivity index (χ4v) is 3.14. The van der Waals surface area contributed by atoms with E-state index in [0.717, 1.165) is 17.7 Å². The molecule has 0 aliphatic rings. The normalized spacial score (nSPS) is 10.5. The molecule has 0 aliphatic carbocycles. The van der Waals surface area contributed by atoms with E-state index >= 15 is 0 Å². The first-order valence-corrected chi connectivity index (χ1v) is 9.26. The molecule has 28 heavy (non-hydrogen) atoms. The van der Waals surface area contributed by atoms with Gasteiger partial charge in [-0.3, -0.25) is 9.59 Å². The highest BCUT2D eigenvalue weighted by Crippen LogP contribution is 2.25. The summed E-state index contributed by atoms with van der Waals surface area (Å²) >= 11 is 1.26. The molecule has 0 radical (unpaired) electrons. The van der Waals surface area contributed by atoms with Crippen LogP contribution in [-0.2, 0) is 4.79 Å². The van der Waals surface area contributed by atoms with Gasteiger partial charge in [0, 0.05) is 24.6 Å². The fourth-order valence-electron chi connectivity index (χ4n) is 2.37. The smallest absolute Gasteiger partial charge is 0.254 e. The van der Waals surface area contributed by atoms with E-state index in [1.165, 1.54) is 11.3 Å². The van der Waals surface area contributed by atoms with Crippen LogP contribution in [0.3, 0.4) is 0 Å². The first-order chi connectivity index (χ1) is 13.5. The minimum Gasteiger partial charge on any atom is -0.352 e. The number of aromatic nitrogens is 2. The predicted molar refractivity (Wildman–Crippen MR) is 102 cm³/mol. The fraction of sp³-hybridized carbons (Fsp3) is 0.158. The summed E-state index contributed by atoms with van der Waals surface area (Å²) < 4.78 is 26.4. The summed E-state index contributed by atoms with van der Waals surface area (Å²) in [4.78, 5) is 23.8. The van der Waals surface area contributed by atoms with Crippen LogP contribution in [0.5, 0.6) is 0 Å². The standard InChI is InChI=1S/C19H16F2N4O2S/c20-13-8-9-14(15(21)11-13)17(27)22-10-4-7-16(26)23-19-25-24-18(28-19)12-5-2-1-3-6-12/h1-3,5-6,8-9,11H,4,7,10H2,(H,22,27)(H,23,25,26). The Morgan fingerprint density at radius 2 is 1.82 bits per heavy atom. The minimum atomic E-state index is -0.930. The first kappa shape index (κ1) is 19.6. The van der Waals surface area contributed by atoms with Gasteiger partial charge in [0.2, 0.25) is 11.0 Å². The van der Waals surface area contributed by atoms with Crippen molar-refractivity contribution in [3.8, 4) is 10.6 Å². The Kier molecular flexibility index (Phi) is 6.38. The zero-order valence-corrected chi connectivity index (χ0v) is 15.4. The molecule has 0 bridgehead atoms. The zero-order valence-electron chi connectivity index (χ0n) is 14.6. The molecule has 0 saturated heterocycles. The van der Waals surface area contributed by atoms with Crippen molar-refractivity contribution in [3.63, 3.8) is 0 Å². The number of carbonyl (C=O) groups excluding carboxylic acids is 2. The van der Waals surface area contributed by atoms with E-state index in [9.17, 15) is 18.4 Å². The lowest BCUT2D eigenvalue weighted by molar-refractivity contribution is -0.116. The van der Waals surface area contributed by atoms with Crippen molar-refractivity contribution in [3.05, 3.63) is 65.7 Å². The van der Waals surface area contributed by atoms with Gasteiger partial charge in [0.25, 0.3) is 5.91 Å². The van der Waals surface area contributed by atoms with Crippen LogP contribution < -0.4 is 10.6 Å². The molecule has 0 aliphatic heterocycles. The van der Waals surface area contributed by atoms with E-state index in [1.54, 1.807) is 0 Å². The Balaban J connectivity index is 1.42. The largest absolute Gasteiger partial charge is 0.352 e. The van der Waals surface area contributed by atoms with E-state index in [2.05, 4.69) is 20.8 Å². The molecule has 1 aromatic heterocycles. The third kappa shape index (κ3) is 5.17. The topological polar surface area (TPSA) is 84.0 Å². The Labute approximate surface area is 163 Å². The average molecular weight is 402 g/mol. The van der Waals surface area contributed by atoms with Gasteiger partial charge < -0.3 is 10.6 Å². The number of benzene rings is 2. The van der Waals surface area contributed by atoms with Crippen LogP contribution in [0.2, 0.25) is 0 Å². The Morgan fingerprint density at radius 1 is 1.04 bits per heavy atom. The van der Waals surface area contributed by atoms with E-state index in [0.29, 0.717) is 22.6 Å². The number of hydrogen-bond acceptors (Lipinski definition) is 5. The molecule has 6 nitrogen and oxygen atoms in total. The average Bonchev–Trinajstić information content (AvgIpc) is 3.14. The van der Waals surface area contributed by atoms with Crippen molar-refractivity contribution in [1.29, 1.82) is 0 Å². The maximum Gasteiger partial charge on any atom is 0.254 e. The van der Waals surface area contributed by atoms with E-state index < -0.39 is 17.5 Å². The van der Waals surface area contributed by atoms with Crippen molar-refractivity contribution in [1.82, 2.24) is 15.5 Å². The van der Waals surface area contributed by atoms with Crippen molar-refractivity contribution in [2.24, 2.45) is 0 Å². The molecule has 3 rings (SSSR count). The summed E-state index contributed by atoms with van der Waals surface area (Å²) in [5.74, 6) is -2.61. The molecule has 2 amide bonds. The lowest BCUT2D eigenvalue weighted by Crippen LogP contribution is -2.26. The highest BCUT2D eigenvalue weighted by Gasteiger charge is 2.13. The van der Waals surface area contributed by atoms with E-state index in [1.807, 2.05) is 30.3 Å². The molecule has 0 atom stereocenters. The van der Waals surface area contributed by atoms with Gasteiger partial charge in [-0.25, -0.2) is 8.78 Å². The molecule has 0 fully saturated rings. The Hall–Kier alpha value is -3.20. The van der Waals surface area contributed by atoms with Crippen LogP contribution in [0.25, 0.3) is 10.6 Å². The number of nitrogens with one attached hydrogen (secondary N) is 2. The number of hydrogen-bond donors (Lipinski definition) is 2. The molecular weight excluding hydrogens is 386 g/mol. The predicted octanol–water partition coefficient (Wildman–Crippen LogP) is 3.63. The number of amides is 2. The molecule has 1 heterocycles. The number of rotatable bonds is 7. The summed E-state index contributed by atoms with van der Waals surface area (Å²) in [7, 11) is 0. The van der Waals surface area contributed by atoms with Gasteiger partial charge in [0.15, 0.2) is 0 Å². The van der Waals surface area contributed by atoms with Gasteiger partial charge in [-0.2, -0.15) is 0 Å². The monoisotopic (exact) mass is 402 g/mol. The van der Waals surface area contributed by atoms with Crippen molar-refractivity contribution < 1.29 is 18.4 Å². The third-order valence-corrected chi connectivity index (χ3v) is 4.62. The highest BCUT2D eigenvalue weighted by atomic mass is 32.1. The van der Waals surface area contributed by atoms with Crippen molar-refractivity contribution in [2.45, 2.75) is 12.8 Å². The number of carbonyl (C=O) groups is 2. The summed E-state index contributed by atoms with van der Waals surface area (Å²) in [6, 6.07) is 12.2. The second-order valence-corrected chi connectivity index (χ2v) is 6.79. The lowest BCUT2D eigenvalue weighted by atomic mass is 10.2.